The Morgan fingerprint density at radius 1 is 1.32 bits per heavy atom. The van der Waals surface area contributed by atoms with E-state index in [-0.39, 0.29) is 13.2 Å². The topological polar surface area (TPSA) is 77.9 Å². The first-order valence-corrected chi connectivity index (χ1v) is 6.24. The summed E-state index contributed by atoms with van der Waals surface area (Å²) in [6.07, 6.45) is 0. The Morgan fingerprint density at radius 3 is 2.63 bits per heavy atom. The molecule has 0 bridgehead atoms. The summed E-state index contributed by atoms with van der Waals surface area (Å²) in [5, 5.41) is 10.4. The third kappa shape index (κ3) is 2.36. The zero-order valence-corrected chi connectivity index (χ0v) is 10.9. The summed E-state index contributed by atoms with van der Waals surface area (Å²) in [6, 6.07) is 1.10. The van der Waals surface area contributed by atoms with Gasteiger partial charge >= 0.3 is 17.8 Å². The van der Waals surface area contributed by atoms with Gasteiger partial charge in [0.05, 0.1) is 6.54 Å². The number of thiophene rings is 1. The fourth-order valence-corrected chi connectivity index (χ4v) is 2.42. The van der Waals surface area contributed by atoms with Crippen LogP contribution in [0.2, 0.25) is 0 Å². The normalized spacial score (nSPS) is 14.9. The highest BCUT2D eigenvalue weighted by Crippen LogP contribution is 2.21. The minimum atomic E-state index is -0.832. The van der Waals surface area contributed by atoms with E-state index < -0.39 is 17.8 Å². The fraction of sp³-hybridized carbons (Fsp3) is 0.250. The molecule has 1 N–H and O–H groups in total. The first kappa shape index (κ1) is 13.3. The van der Waals surface area contributed by atoms with Crippen molar-refractivity contribution in [1.29, 1.82) is 0 Å². The zero-order chi connectivity index (χ0) is 14.0. The van der Waals surface area contributed by atoms with E-state index in [2.05, 4.69) is 11.8 Å². The van der Waals surface area contributed by atoms with E-state index in [0.29, 0.717) is 10.4 Å². The molecule has 0 saturated carbocycles. The molecule has 0 unspecified atom stereocenters. The number of nitrogens with zero attached hydrogens (tertiary/aromatic N) is 2. The molecule has 2 heterocycles. The number of carbonyl (C=O) groups excluding carboxylic acids is 3. The average molecular weight is 278 g/mol. The largest absolute Gasteiger partial charge is 0.384 e. The lowest BCUT2D eigenvalue weighted by atomic mass is 10.2. The van der Waals surface area contributed by atoms with Crippen LogP contribution in [-0.4, -0.2) is 46.4 Å². The standard InChI is InChI=1S/C12H10N2O4S/c1-13-10(16)11(17)14(12(13)18)7-9-8(3-2-5-15)4-6-19-9/h4,6,15H,5,7H2,1H3. The molecule has 1 aliphatic heterocycles. The molecular formula is C12H10N2O4S. The SMILES string of the molecule is CN1C(=O)C(=O)N(Cc2sccc2C#CCO)C1=O. The number of likely N-dealkylation sites (N-methyl/N-ethyl adjacent to an activating group) is 1. The molecular weight excluding hydrogens is 268 g/mol. The summed E-state index contributed by atoms with van der Waals surface area (Å²) >= 11 is 1.33. The van der Waals surface area contributed by atoms with Crippen molar-refractivity contribution in [2.75, 3.05) is 13.7 Å². The minimum absolute atomic E-state index is 0.0147. The van der Waals surface area contributed by atoms with Crippen LogP contribution in [0.3, 0.4) is 0 Å². The maximum absolute atomic E-state index is 11.7. The monoisotopic (exact) mass is 278 g/mol. The second-order valence-corrected chi connectivity index (χ2v) is 4.76. The van der Waals surface area contributed by atoms with Gasteiger partial charge in [-0.15, -0.1) is 11.3 Å². The molecule has 98 valence electrons. The Bertz CT molecular complexity index is 611. The van der Waals surface area contributed by atoms with E-state index >= 15 is 0 Å². The van der Waals surface area contributed by atoms with Gasteiger partial charge < -0.3 is 5.11 Å². The van der Waals surface area contributed by atoms with Crippen molar-refractivity contribution in [3.8, 4) is 11.8 Å². The van der Waals surface area contributed by atoms with E-state index in [1.807, 2.05) is 0 Å². The Morgan fingerprint density at radius 2 is 2.05 bits per heavy atom. The molecule has 0 spiro atoms. The molecule has 19 heavy (non-hydrogen) atoms. The summed E-state index contributed by atoms with van der Waals surface area (Å²) in [7, 11) is 1.27. The second-order valence-electron chi connectivity index (χ2n) is 3.76. The number of urea groups is 1. The van der Waals surface area contributed by atoms with Crippen LogP contribution in [-0.2, 0) is 16.1 Å². The predicted octanol–water partition coefficient (Wildman–Crippen LogP) is 0.0125. The number of aliphatic hydroxyl groups excluding tert-OH is 1. The fourth-order valence-electron chi connectivity index (χ4n) is 1.61. The molecule has 1 saturated heterocycles. The molecule has 6 nitrogen and oxygen atoms in total. The van der Waals surface area contributed by atoms with Crippen LogP contribution in [0.15, 0.2) is 11.4 Å². The molecule has 2 rings (SSSR count). The number of hydrogen-bond acceptors (Lipinski definition) is 5. The van der Waals surface area contributed by atoms with Crippen LogP contribution in [0.25, 0.3) is 0 Å². The van der Waals surface area contributed by atoms with Crippen molar-refractivity contribution in [1.82, 2.24) is 9.80 Å². The molecule has 1 aromatic rings. The molecule has 7 heteroatoms. The molecule has 1 aromatic heterocycles. The molecule has 4 amide bonds. The van der Waals surface area contributed by atoms with Gasteiger partial charge in [0.2, 0.25) is 0 Å². The quantitative estimate of drug-likeness (QED) is 0.470. The van der Waals surface area contributed by atoms with Crippen LogP contribution >= 0.6 is 11.3 Å². The lowest BCUT2D eigenvalue weighted by Gasteiger charge is -2.11. The van der Waals surface area contributed by atoms with Gasteiger partial charge in [-0.2, -0.15) is 0 Å². The first-order valence-electron chi connectivity index (χ1n) is 5.36. The van der Waals surface area contributed by atoms with E-state index in [9.17, 15) is 14.4 Å². The maximum Gasteiger partial charge on any atom is 0.334 e. The number of hydrogen-bond donors (Lipinski definition) is 1. The first-order chi connectivity index (χ1) is 9.06. The van der Waals surface area contributed by atoms with Gasteiger partial charge in [-0.05, 0) is 11.4 Å². The van der Waals surface area contributed by atoms with Crippen molar-refractivity contribution in [2.24, 2.45) is 0 Å². The molecule has 1 fully saturated rings. The number of carbonyl (C=O) groups is 3. The van der Waals surface area contributed by atoms with Gasteiger partial charge in [-0.3, -0.25) is 19.4 Å². The molecule has 0 atom stereocenters. The Kier molecular flexibility index (Phi) is 3.64. The van der Waals surface area contributed by atoms with Gasteiger partial charge in [0.1, 0.15) is 6.61 Å². The van der Waals surface area contributed by atoms with Gasteiger partial charge in [0.25, 0.3) is 0 Å². The Hall–Kier alpha value is -2.17. The van der Waals surface area contributed by atoms with Gasteiger partial charge in [-0.1, -0.05) is 11.8 Å². The summed E-state index contributed by atoms with van der Waals surface area (Å²) in [5.74, 6) is 3.57. The predicted molar refractivity (Wildman–Crippen MR) is 67.0 cm³/mol. The molecule has 0 aromatic carbocycles. The van der Waals surface area contributed by atoms with Gasteiger partial charge in [0.15, 0.2) is 0 Å². The minimum Gasteiger partial charge on any atom is -0.384 e. The summed E-state index contributed by atoms with van der Waals surface area (Å²) in [5.41, 5.74) is 0.640. The number of rotatable bonds is 2. The summed E-state index contributed by atoms with van der Waals surface area (Å²) < 4.78 is 0. The van der Waals surface area contributed by atoms with Crippen LogP contribution < -0.4 is 0 Å². The molecule has 1 aliphatic rings. The third-order valence-corrected chi connectivity index (χ3v) is 3.51. The molecule has 0 radical (unpaired) electrons. The van der Waals surface area contributed by atoms with Crippen molar-refractivity contribution in [3.05, 3.63) is 21.9 Å². The highest BCUT2D eigenvalue weighted by atomic mass is 32.1. The number of imide groups is 2. The zero-order valence-electron chi connectivity index (χ0n) is 10.0. The van der Waals surface area contributed by atoms with E-state index in [0.717, 1.165) is 9.80 Å². The third-order valence-electron chi connectivity index (χ3n) is 2.60. The van der Waals surface area contributed by atoms with Crippen LogP contribution in [0.1, 0.15) is 10.4 Å². The lowest BCUT2D eigenvalue weighted by molar-refractivity contribution is -0.143. The highest BCUT2D eigenvalue weighted by molar-refractivity contribution is 7.10. The maximum atomic E-state index is 11.7. The second kappa shape index (κ2) is 5.22. The Balaban J connectivity index is 2.23. The highest BCUT2D eigenvalue weighted by Gasteiger charge is 2.42. The number of aliphatic hydroxyl groups is 1. The van der Waals surface area contributed by atoms with Crippen LogP contribution in [0.4, 0.5) is 4.79 Å². The summed E-state index contributed by atoms with van der Waals surface area (Å²) in [6.45, 7) is -0.251. The van der Waals surface area contributed by atoms with Crippen LogP contribution in [0.5, 0.6) is 0 Å². The van der Waals surface area contributed by atoms with Crippen molar-refractivity contribution in [2.45, 2.75) is 6.54 Å². The lowest BCUT2D eigenvalue weighted by Crippen LogP contribution is -2.30. The van der Waals surface area contributed by atoms with Crippen LogP contribution in [0, 0.1) is 11.8 Å². The smallest absolute Gasteiger partial charge is 0.334 e. The van der Waals surface area contributed by atoms with Crippen molar-refractivity contribution < 1.29 is 19.5 Å². The number of amides is 4. The van der Waals surface area contributed by atoms with E-state index in [1.165, 1.54) is 18.4 Å². The van der Waals surface area contributed by atoms with Crippen molar-refractivity contribution in [3.63, 3.8) is 0 Å². The van der Waals surface area contributed by atoms with Crippen molar-refractivity contribution >= 4 is 29.2 Å². The Labute approximate surface area is 113 Å². The van der Waals surface area contributed by atoms with E-state index in [4.69, 9.17) is 5.11 Å². The summed E-state index contributed by atoms with van der Waals surface area (Å²) in [4.78, 5) is 37.1. The van der Waals surface area contributed by atoms with E-state index in [1.54, 1.807) is 11.4 Å². The average Bonchev–Trinajstić information content (AvgIpc) is 2.92. The molecule has 0 aliphatic carbocycles. The van der Waals surface area contributed by atoms with Gasteiger partial charge in [-0.25, -0.2) is 4.79 Å². The van der Waals surface area contributed by atoms with Gasteiger partial charge in [0, 0.05) is 17.5 Å².